The smallest absolute Gasteiger partial charge is 0.156 e. The molecule has 0 radical (unpaired) electrons. The molecular formula is C13H18N2OS. The number of aliphatic imine (C=N–C) groups is 1. The molecule has 1 aliphatic heterocycles. The summed E-state index contributed by atoms with van der Waals surface area (Å²) >= 11 is 1.78. The number of nitrogens with one attached hydrogen (secondary N) is 1. The number of thioether (sulfide) groups is 1. The number of ether oxygens (including phenoxy) is 1. The number of methoxy groups -OCH3 is 1. The quantitative estimate of drug-likeness (QED) is 0.876. The van der Waals surface area contributed by atoms with Crippen molar-refractivity contribution in [2.75, 3.05) is 19.9 Å². The average molecular weight is 250 g/mol. The predicted octanol–water partition coefficient (Wildman–Crippen LogP) is 2.62. The van der Waals surface area contributed by atoms with Gasteiger partial charge in [-0.05, 0) is 31.0 Å². The van der Waals surface area contributed by atoms with Crippen LogP contribution in [-0.2, 0) is 5.54 Å². The summed E-state index contributed by atoms with van der Waals surface area (Å²) in [5, 5.41) is 4.53. The SMILES string of the molecule is CN=C1N[C@](C)(c2ccc(OC)cc2)CCS1. The van der Waals surface area contributed by atoms with Gasteiger partial charge in [-0.25, -0.2) is 0 Å². The van der Waals surface area contributed by atoms with Gasteiger partial charge >= 0.3 is 0 Å². The van der Waals surface area contributed by atoms with E-state index in [4.69, 9.17) is 4.74 Å². The van der Waals surface area contributed by atoms with E-state index in [2.05, 4.69) is 29.4 Å². The first-order valence-corrected chi connectivity index (χ1v) is 6.69. The van der Waals surface area contributed by atoms with Crippen LogP contribution in [0.25, 0.3) is 0 Å². The van der Waals surface area contributed by atoms with Crippen LogP contribution in [0.4, 0.5) is 0 Å². The van der Waals surface area contributed by atoms with E-state index in [0.29, 0.717) is 0 Å². The maximum absolute atomic E-state index is 5.18. The van der Waals surface area contributed by atoms with Crippen LogP contribution < -0.4 is 10.1 Å². The molecule has 1 N–H and O–H groups in total. The molecule has 0 amide bonds. The minimum atomic E-state index is -0.0215. The van der Waals surface area contributed by atoms with Crippen LogP contribution in [-0.4, -0.2) is 25.1 Å². The summed E-state index contributed by atoms with van der Waals surface area (Å²) in [4.78, 5) is 4.25. The zero-order valence-corrected chi connectivity index (χ0v) is 11.3. The highest BCUT2D eigenvalue weighted by Gasteiger charge is 2.31. The molecule has 0 bridgehead atoms. The fourth-order valence-electron chi connectivity index (χ4n) is 1.98. The maximum Gasteiger partial charge on any atom is 0.156 e. The van der Waals surface area contributed by atoms with Crippen molar-refractivity contribution in [3.63, 3.8) is 0 Å². The van der Waals surface area contributed by atoms with E-state index in [1.54, 1.807) is 18.9 Å². The van der Waals surface area contributed by atoms with Crippen molar-refractivity contribution in [2.24, 2.45) is 4.99 Å². The largest absolute Gasteiger partial charge is 0.497 e. The lowest BCUT2D eigenvalue weighted by atomic mass is 9.89. The zero-order valence-electron chi connectivity index (χ0n) is 10.5. The highest BCUT2D eigenvalue weighted by Crippen LogP contribution is 2.32. The number of hydrogen-bond acceptors (Lipinski definition) is 3. The van der Waals surface area contributed by atoms with E-state index in [1.165, 1.54) is 5.56 Å². The number of rotatable bonds is 2. The summed E-state index contributed by atoms with van der Waals surface area (Å²) in [5.41, 5.74) is 1.26. The number of hydrogen-bond donors (Lipinski definition) is 1. The molecule has 0 spiro atoms. The van der Waals surface area contributed by atoms with Gasteiger partial charge in [0.2, 0.25) is 0 Å². The van der Waals surface area contributed by atoms with Crippen LogP contribution in [0.3, 0.4) is 0 Å². The molecule has 92 valence electrons. The van der Waals surface area contributed by atoms with Gasteiger partial charge in [0.1, 0.15) is 5.75 Å². The fourth-order valence-corrected chi connectivity index (χ4v) is 3.11. The van der Waals surface area contributed by atoms with Crippen molar-refractivity contribution in [1.29, 1.82) is 0 Å². The molecule has 1 fully saturated rings. The first-order chi connectivity index (χ1) is 8.18. The Hall–Kier alpha value is -1.16. The Kier molecular flexibility index (Phi) is 3.62. The van der Waals surface area contributed by atoms with Crippen LogP contribution in [0.1, 0.15) is 18.9 Å². The van der Waals surface area contributed by atoms with Crippen LogP contribution in [0.5, 0.6) is 5.75 Å². The van der Waals surface area contributed by atoms with E-state index in [1.807, 2.05) is 19.2 Å². The minimum absolute atomic E-state index is 0.0215. The summed E-state index contributed by atoms with van der Waals surface area (Å²) in [7, 11) is 3.52. The molecule has 1 saturated heterocycles. The van der Waals surface area contributed by atoms with E-state index in [0.717, 1.165) is 23.1 Å². The normalized spacial score (nSPS) is 26.6. The lowest BCUT2D eigenvalue weighted by molar-refractivity contribution is 0.408. The Bertz CT molecular complexity index is 416. The minimum Gasteiger partial charge on any atom is -0.497 e. The molecule has 1 atom stereocenters. The van der Waals surface area contributed by atoms with Crippen molar-refractivity contribution in [1.82, 2.24) is 5.32 Å². The van der Waals surface area contributed by atoms with Crippen LogP contribution in [0, 0.1) is 0 Å². The van der Waals surface area contributed by atoms with Gasteiger partial charge < -0.3 is 10.1 Å². The third-order valence-electron chi connectivity index (χ3n) is 3.15. The molecule has 1 aliphatic rings. The monoisotopic (exact) mass is 250 g/mol. The van der Waals surface area contributed by atoms with Crippen molar-refractivity contribution in [3.05, 3.63) is 29.8 Å². The highest BCUT2D eigenvalue weighted by molar-refractivity contribution is 8.13. The summed E-state index contributed by atoms with van der Waals surface area (Å²) in [6, 6.07) is 8.25. The Morgan fingerprint density at radius 1 is 1.35 bits per heavy atom. The van der Waals surface area contributed by atoms with Gasteiger partial charge in [0.05, 0.1) is 12.6 Å². The van der Waals surface area contributed by atoms with Crippen LogP contribution in [0.15, 0.2) is 29.3 Å². The van der Waals surface area contributed by atoms with E-state index >= 15 is 0 Å². The second-order valence-corrected chi connectivity index (χ2v) is 5.40. The standard InChI is InChI=1S/C13H18N2OS/c1-13(8-9-17-12(14-2)15-13)10-4-6-11(16-3)7-5-10/h4-7H,8-9H2,1-3H3,(H,14,15)/t13-/m0/s1. The molecule has 2 rings (SSSR count). The summed E-state index contributed by atoms with van der Waals surface area (Å²) in [5.74, 6) is 1.99. The molecule has 0 aliphatic carbocycles. The Labute approximate surface area is 107 Å². The van der Waals surface area contributed by atoms with Gasteiger partial charge in [0.25, 0.3) is 0 Å². The molecular weight excluding hydrogens is 232 g/mol. The van der Waals surface area contributed by atoms with E-state index in [-0.39, 0.29) is 5.54 Å². The topological polar surface area (TPSA) is 33.6 Å². The Morgan fingerprint density at radius 3 is 2.65 bits per heavy atom. The summed E-state index contributed by atoms with van der Waals surface area (Å²) < 4.78 is 5.18. The molecule has 0 aromatic heterocycles. The maximum atomic E-state index is 5.18. The van der Waals surface area contributed by atoms with Gasteiger partial charge in [-0.1, -0.05) is 23.9 Å². The van der Waals surface area contributed by atoms with E-state index in [9.17, 15) is 0 Å². The molecule has 3 nitrogen and oxygen atoms in total. The second kappa shape index (κ2) is 5.00. The number of benzene rings is 1. The zero-order chi connectivity index (χ0) is 12.3. The van der Waals surface area contributed by atoms with Gasteiger partial charge in [0, 0.05) is 12.8 Å². The van der Waals surface area contributed by atoms with Gasteiger partial charge in [-0.2, -0.15) is 0 Å². The number of amidine groups is 1. The van der Waals surface area contributed by atoms with Crippen molar-refractivity contribution >= 4 is 16.9 Å². The molecule has 1 aromatic carbocycles. The van der Waals surface area contributed by atoms with Crippen molar-refractivity contribution in [3.8, 4) is 5.75 Å². The molecule has 0 saturated carbocycles. The first-order valence-electron chi connectivity index (χ1n) is 5.70. The molecule has 1 heterocycles. The van der Waals surface area contributed by atoms with Crippen LogP contribution in [0.2, 0.25) is 0 Å². The first kappa shape index (κ1) is 12.3. The second-order valence-electron chi connectivity index (χ2n) is 4.31. The summed E-state index contributed by atoms with van der Waals surface area (Å²) in [6.07, 6.45) is 1.10. The Morgan fingerprint density at radius 2 is 2.06 bits per heavy atom. The van der Waals surface area contributed by atoms with E-state index < -0.39 is 0 Å². The summed E-state index contributed by atoms with van der Waals surface area (Å²) in [6.45, 7) is 2.22. The molecule has 4 heteroatoms. The van der Waals surface area contributed by atoms with Crippen molar-refractivity contribution < 1.29 is 4.74 Å². The lowest BCUT2D eigenvalue weighted by Gasteiger charge is -2.36. The van der Waals surface area contributed by atoms with Gasteiger partial charge in [-0.15, -0.1) is 0 Å². The lowest BCUT2D eigenvalue weighted by Crippen LogP contribution is -2.46. The van der Waals surface area contributed by atoms with Crippen molar-refractivity contribution in [2.45, 2.75) is 18.9 Å². The number of nitrogens with zero attached hydrogens (tertiary/aromatic N) is 1. The molecule has 0 unspecified atom stereocenters. The molecule has 1 aromatic rings. The van der Waals surface area contributed by atoms with Crippen LogP contribution >= 0.6 is 11.8 Å². The van der Waals surface area contributed by atoms with Gasteiger partial charge in [-0.3, -0.25) is 4.99 Å². The van der Waals surface area contributed by atoms with Gasteiger partial charge in [0.15, 0.2) is 5.17 Å². The fraction of sp³-hybridized carbons (Fsp3) is 0.462. The highest BCUT2D eigenvalue weighted by atomic mass is 32.2. The third kappa shape index (κ3) is 2.57. The Balaban J connectivity index is 2.24. The average Bonchev–Trinajstić information content (AvgIpc) is 2.39. The predicted molar refractivity (Wildman–Crippen MR) is 73.9 cm³/mol. The molecule has 17 heavy (non-hydrogen) atoms. The third-order valence-corrected chi connectivity index (χ3v) is 4.12.